The molecule has 0 saturated heterocycles. The first-order valence-corrected chi connectivity index (χ1v) is 3.52. The predicted octanol–water partition coefficient (Wildman–Crippen LogP) is 0.259. The van der Waals surface area contributed by atoms with E-state index in [2.05, 4.69) is 13.5 Å². The van der Waals surface area contributed by atoms with Crippen molar-refractivity contribution in [3.8, 4) is 0 Å². The Morgan fingerprint density at radius 1 is 1.33 bits per heavy atom. The third-order valence-corrected chi connectivity index (χ3v) is 1.26. The van der Waals surface area contributed by atoms with Crippen molar-refractivity contribution < 1.29 is 20.3 Å². The van der Waals surface area contributed by atoms with E-state index in [0.29, 0.717) is 0 Å². The zero-order valence-corrected chi connectivity index (χ0v) is 6.82. The Labute approximate surface area is 72.4 Å². The predicted molar refractivity (Wildman–Crippen MR) is 40.1 cm³/mol. The summed E-state index contributed by atoms with van der Waals surface area (Å²) in [5, 5.41) is 0. The third kappa shape index (κ3) is 11.8. The van der Waals surface area contributed by atoms with E-state index < -0.39 is 0 Å². The topological polar surface area (TPSA) is 0 Å². The molecule has 0 radical (unpaired) electrons. The van der Waals surface area contributed by atoms with Crippen LogP contribution in [0, 0.1) is 0 Å². The first-order valence-electron chi connectivity index (χ1n) is 3.52. The second-order valence-electron chi connectivity index (χ2n) is 2.14. The summed E-state index contributed by atoms with van der Waals surface area (Å²) in [6.07, 6.45) is 8.61. The van der Waals surface area contributed by atoms with Gasteiger partial charge in [0.25, 0.3) is 0 Å². The van der Waals surface area contributed by atoms with Gasteiger partial charge in [0.1, 0.15) is 0 Å². The average Bonchev–Trinajstić information content (AvgIpc) is 1.81. The molecule has 0 N–H and O–H groups in total. The van der Waals surface area contributed by atoms with Gasteiger partial charge >= 0.3 is 18.9 Å². The van der Waals surface area contributed by atoms with Gasteiger partial charge < -0.3 is 1.43 Å². The molecule has 0 spiro atoms. The van der Waals surface area contributed by atoms with Crippen molar-refractivity contribution in [1.82, 2.24) is 0 Å². The first kappa shape index (κ1) is 12.1. The first-order chi connectivity index (χ1) is 3.91. The molecule has 0 aromatic heterocycles. The van der Waals surface area contributed by atoms with Crippen molar-refractivity contribution in [2.45, 2.75) is 39.0 Å². The summed E-state index contributed by atoms with van der Waals surface area (Å²) < 4.78 is 0. The van der Waals surface area contributed by atoms with Crippen molar-refractivity contribution in [2.24, 2.45) is 0 Å². The van der Waals surface area contributed by atoms with E-state index in [1.807, 2.05) is 6.08 Å². The second-order valence-corrected chi connectivity index (χ2v) is 2.14. The molecule has 0 nitrogen and oxygen atoms in total. The summed E-state index contributed by atoms with van der Waals surface area (Å²) in [6.45, 7) is 5.89. The molecule has 0 aromatic carbocycles. The van der Waals surface area contributed by atoms with Gasteiger partial charge in [0.15, 0.2) is 0 Å². The summed E-state index contributed by atoms with van der Waals surface area (Å²) in [4.78, 5) is 0. The van der Waals surface area contributed by atoms with Crippen LogP contribution in [-0.2, 0) is 0 Å². The summed E-state index contributed by atoms with van der Waals surface area (Å²) in [6, 6.07) is 0. The van der Waals surface area contributed by atoms with E-state index in [1.165, 1.54) is 32.1 Å². The molecule has 50 valence electrons. The van der Waals surface area contributed by atoms with E-state index in [0.717, 1.165) is 0 Å². The average molecular weight is 120 g/mol. The normalized spacial score (nSPS) is 8.11. The van der Waals surface area contributed by atoms with Crippen LogP contribution >= 0.6 is 0 Å². The molecule has 0 unspecified atom stereocenters. The Morgan fingerprint density at radius 2 is 2.00 bits per heavy atom. The van der Waals surface area contributed by atoms with Crippen LogP contribution in [0.1, 0.15) is 40.5 Å². The van der Waals surface area contributed by atoms with Gasteiger partial charge in [-0.15, -0.1) is 6.58 Å². The number of rotatable bonds is 5. The van der Waals surface area contributed by atoms with E-state index in [9.17, 15) is 0 Å². The zero-order chi connectivity index (χ0) is 6.24. The molecule has 0 aliphatic heterocycles. The fraction of sp³-hybridized carbons (Fsp3) is 0.750. The molecule has 0 rings (SSSR count). The van der Waals surface area contributed by atoms with Gasteiger partial charge in [0, 0.05) is 0 Å². The molecule has 0 heterocycles. The van der Waals surface area contributed by atoms with E-state index in [4.69, 9.17) is 0 Å². The van der Waals surface area contributed by atoms with E-state index >= 15 is 0 Å². The summed E-state index contributed by atoms with van der Waals surface area (Å²) in [7, 11) is 0. The smallest absolute Gasteiger partial charge is 1.00 e. The number of allylic oxidation sites excluding steroid dienone is 1. The minimum absolute atomic E-state index is 0. The van der Waals surface area contributed by atoms with Crippen molar-refractivity contribution in [2.75, 3.05) is 0 Å². The molecular weight excluding hydrogens is 103 g/mol. The Morgan fingerprint density at radius 3 is 2.44 bits per heavy atom. The maximum absolute atomic E-state index is 3.66. The molecule has 0 aromatic rings. The van der Waals surface area contributed by atoms with Crippen molar-refractivity contribution in [1.29, 1.82) is 0 Å². The summed E-state index contributed by atoms with van der Waals surface area (Å²) >= 11 is 0. The van der Waals surface area contributed by atoms with Gasteiger partial charge in [-0.25, -0.2) is 0 Å². The number of unbranched alkanes of at least 4 members (excludes halogenated alkanes) is 4. The Kier molecular flexibility index (Phi) is 15.0. The fourth-order valence-electron chi connectivity index (χ4n) is 0.715. The zero-order valence-electron chi connectivity index (χ0n) is 7.82. The molecule has 0 saturated carbocycles. The molecule has 0 bridgehead atoms. The fourth-order valence-corrected chi connectivity index (χ4v) is 0.715. The van der Waals surface area contributed by atoms with Crippen molar-refractivity contribution in [3.63, 3.8) is 0 Å². The van der Waals surface area contributed by atoms with Crippen molar-refractivity contribution >= 4 is 0 Å². The Bertz CT molecular complexity index is 55.2. The molecule has 9 heavy (non-hydrogen) atoms. The molecular formula is C8H17Li. The van der Waals surface area contributed by atoms with Gasteiger partial charge in [-0.2, -0.15) is 0 Å². The van der Waals surface area contributed by atoms with Gasteiger partial charge in [0.2, 0.25) is 0 Å². The maximum Gasteiger partial charge on any atom is 1.00 e. The molecule has 0 aliphatic rings. The van der Waals surface area contributed by atoms with Crippen LogP contribution in [0.25, 0.3) is 0 Å². The Balaban J connectivity index is -0.000000245. The largest absolute Gasteiger partial charge is 1.00 e. The van der Waals surface area contributed by atoms with Crippen molar-refractivity contribution in [3.05, 3.63) is 12.7 Å². The maximum atomic E-state index is 3.66. The number of hydrogen-bond acceptors (Lipinski definition) is 0. The van der Waals surface area contributed by atoms with Crippen LogP contribution in [0.3, 0.4) is 0 Å². The second kappa shape index (κ2) is 11.2. The minimum atomic E-state index is 0. The van der Waals surface area contributed by atoms with Crippen LogP contribution in [0.5, 0.6) is 0 Å². The third-order valence-electron chi connectivity index (χ3n) is 1.26. The Hall–Kier alpha value is 0.337. The van der Waals surface area contributed by atoms with Crippen LogP contribution in [0.4, 0.5) is 0 Å². The quantitative estimate of drug-likeness (QED) is 0.277. The van der Waals surface area contributed by atoms with Crippen LogP contribution in [-0.4, -0.2) is 0 Å². The number of hydrogen-bond donors (Lipinski definition) is 0. The van der Waals surface area contributed by atoms with Gasteiger partial charge in [-0.05, 0) is 12.8 Å². The van der Waals surface area contributed by atoms with Gasteiger partial charge in [-0.1, -0.05) is 32.3 Å². The summed E-state index contributed by atoms with van der Waals surface area (Å²) in [5.41, 5.74) is 0. The van der Waals surface area contributed by atoms with E-state index in [-0.39, 0.29) is 20.3 Å². The molecule has 0 aliphatic carbocycles. The molecule has 0 amide bonds. The molecule has 1 heteroatoms. The minimum Gasteiger partial charge on any atom is -1.00 e. The van der Waals surface area contributed by atoms with Crippen LogP contribution in [0.15, 0.2) is 12.7 Å². The van der Waals surface area contributed by atoms with Crippen LogP contribution < -0.4 is 18.9 Å². The SMILES string of the molecule is C=CCCCCCC.[H-].[Li+]. The van der Waals surface area contributed by atoms with Gasteiger partial charge in [0.05, 0.1) is 0 Å². The van der Waals surface area contributed by atoms with E-state index in [1.54, 1.807) is 0 Å². The van der Waals surface area contributed by atoms with Gasteiger partial charge in [-0.3, -0.25) is 0 Å². The monoisotopic (exact) mass is 120 g/mol. The summed E-state index contributed by atoms with van der Waals surface area (Å²) in [5.74, 6) is 0. The van der Waals surface area contributed by atoms with Crippen LogP contribution in [0.2, 0.25) is 0 Å². The molecule has 0 atom stereocenters. The molecule has 0 fully saturated rings. The standard InChI is InChI=1S/C8H16.Li.H/c1-3-5-7-8-6-4-2;;/h3H,1,4-8H2,2H3;;/q;+1;-1.